The maximum atomic E-state index is 14.0. The van der Waals surface area contributed by atoms with Gasteiger partial charge >= 0.3 is 5.97 Å². The molecule has 3 N–H and O–H groups in total. The van der Waals surface area contributed by atoms with Crippen LogP contribution < -0.4 is 10.7 Å². The molecule has 47 heavy (non-hydrogen) atoms. The lowest BCUT2D eigenvalue weighted by atomic mass is 9.84. The van der Waals surface area contributed by atoms with Gasteiger partial charge in [-0.1, -0.05) is 63.3 Å². The first-order valence-electron chi connectivity index (χ1n) is 16.6. The Morgan fingerprint density at radius 1 is 1.04 bits per heavy atom. The smallest absolute Gasteiger partial charge is 0.325 e. The van der Waals surface area contributed by atoms with Gasteiger partial charge in [-0.15, -0.1) is 0 Å². The summed E-state index contributed by atoms with van der Waals surface area (Å²) in [7, 11) is 1.59. The minimum Gasteiger partial charge on any atom is -0.508 e. The summed E-state index contributed by atoms with van der Waals surface area (Å²) in [5, 5.41) is 14.4. The van der Waals surface area contributed by atoms with Crippen molar-refractivity contribution < 1.29 is 33.8 Å². The molecule has 4 rings (SSSR count). The van der Waals surface area contributed by atoms with Gasteiger partial charge in [-0.25, -0.2) is 5.43 Å². The van der Waals surface area contributed by atoms with Crippen molar-refractivity contribution in [3.05, 3.63) is 71.3 Å². The van der Waals surface area contributed by atoms with E-state index in [2.05, 4.69) is 10.7 Å². The summed E-state index contributed by atoms with van der Waals surface area (Å²) in [6.07, 6.45) is 5.66. The number of benzene rings is 2. The van der Waals surface area contributed by atoms with Crippen LogP contribution in [0.15, 0.2) is 54.6 Å². The van der Waals surface area contributed by atoms with Gasteiger partial charge in [-0.3, -0.25) is 24.2 Å². The second-order valence-electron chi connectivity index (χ2n) is 13.1. The number of carbonyl (C=O) groups is 4. The van der Waals surface area contributed by atoms with E-state index in [0.29, 0.717) is 37.8 Å². The van der Waals surface area contributed by atoms with Crippen LogP contribution in [0.1, 0.15) is 82.6 Å². The fourth-order valence-corrected chi connectivity index (χ4v) is 6.23. The zero-order valence-corrected chi connectivity index (χ0v) is 28.1. The van der Waals surface area contributed by atoms with Gasteiger partial charge in [0, 0.05) is 38.3 Å². The minimum atomic E-state index is -1.02. The molecular weight excluding hydrogens is 598 g/mol. The molecule has 1 fully saturated rings. The number of esters is 1. The highest BCUT2D eigenvalue weighted by atomic mass is 16.5. The number of hydrazine groups is 1. The Kier molecular flexibility index (Phi) is 12.7. The van der Waals surface area contributed by atoms with Crippen LogP contribution in [0.5, 0.6) is 5.75 Å². The number of ether oxygens (including phenoxy) is 2. The molecule has 254 valence electrons. The van der Waals surface area contributed by atoms with E-state index >= 15 is 0 Å². The van der Waals surface area contributed by atoms with Gasteiger partial charge < -0.3 is 19.9 Å². The van der Waals surface area contributed by atoms with Crippen molar-refractivity contribution in [2.24, 2.45) is 17.8 Å². The lowest BCUT2D eigenvalue weighted by Crippen LogP contribution is -2.61. The number of hydrogen-bond donors (Lipinski definition) is 3. The number of Topliss-reactive ketones (excluding diaryl/α,β-unsaturated/α-hetero) is 1. The molecule has 10 heteroatoms. The molecule has 2 amide bonds. The monoisotopic (exact) mass is 647 g/mol. The molecule has 2 aromatic rings. The summed E-state index contributed by atoms with van der Waals surface area (Å²) in [4.78, 5) is 54.7. The van der Waals surface area contributed by atoms with Crippen LogP contribution in [0.4, 0.5) is 0 Å². The third-order valence-electron chi connectivity index (χ3n) is 9.23. The van der Waals surface area contributed by atoms with E-state index < -0.39 is 47.8 Å². The second-order valence-corrected chi connectivity index (χ2v) is 13.1. The molecule has 0 spiro atoms. The number of nitrogens with one attached hydrogen (secondary N) is 2. The van der Waals surface area contributed by atoms with Crippen LogP contribution in [0.3, 0.4) is 0 Å². The van der Waals surface area contributed by atoms with Gasteiger partial charge in [0.25, 0.3) is 5.91 Å². The molecule has 2 aromatic carbocycles. The molecule has 2 aliphatic heterocycles. The first-order valence-corrected chi connectivity index (χ1v) is 16.6. The van der Waals surface area contributed by atoms with Crippen LogP contribution in [0.2, 0.25) is 0 Å². The van der Waals surface area contributed by atoms with Gasteiger partial charge in [0.15, 0.2) is 0 Å². The summed E-state index contributed by atoms with van der Waals surface area (Å²) in [6, 6.07) is 12.5. The zero-order valence-electron chi connectivity index (χ0n) is 28.1. The number of nitrogens with zero attached hydrogens (tertiary/aromatic N) is 1. The summed E-state index contributed by atoms with van der Waals surface area (Å²) >= 11 is 0. The van der Waals surface area contributed by atoms with Crippen LogP contribution in [0.25, 0.3) is 6.08 Å². The van der Waals surface area contributed by atoms with Gasteiger partial charge in [0.05, 0.1) is 6.10 Å². The predicted octanol–water partition coefficient (Wildman–Crippen LogP) is 4.91. The van der Waals surface area contributed by atoms with E-state index in [1.54, 1.807) is 25.3 Å². The molecule has 0 unspecified atom stereocenters. The van der Waals surface area contributed by atoms with E-state index in [4.69, 9.17) is 9.47 Å². The van der Waals surface area contributed by atoms with E-state index in [1.165, 1.54) is 11.1 Å². The third-order valence-corrected chi connectivity index (χ3v) is 9.23. The standard InChI is InChI=1S/C37H49N3O7/c1-23(2)30-22-33(42)24(3)34(46-5)17-7-6-11-26-12-8-14-28(19-26)25(4)47-37(45)31-16-10-18-40(39-31)36(44)32(38-35(30)43)21-27-13-9-15-29(41)20-27/h6,8-9,11-15,19-20,23-25,30-32,34,39,41H,7,10,16-18,21-22H2,1-5H3,(H,38,43)/b11-6+/t24-,25+,30-,31-,32-,34+/m0/s1. The molecule has 2 aliphatic rings. The molecule has 10 nitrogen and oxygen atoms in total. The highest BCUT2D eigenvalue weighted by Crippen LogP contribution is 2.25. The van der Waals surface area contributed by atoms with Crippen molar-refractivity contribution in [1.29, 1.82) is 0 Å². The highest BCUT2D eigenvalue weighted by molar-refractivity contribution is 5.92. The van der Waals surface area contributed by atoms with Crippen molar-refractivity contribution in [3.8, 4) is 5.75 Å². The average Bonchev–Trinajstić information content (AvgIpc) is 3.05. The van der Waals surface area contributed by atoms with Gasteiger partial charge in [0.1, 0.15) is 29.7 Å². The lowest BCUT2D eigenvalue weighted by molar-refractivity contribution is -0.157. The van der Waals surface area contributed by atoms with Crippen molar-refractivity contribution in [3.63, 3.8) is 0 Å². The minimum absolute atomic E-state index is 0.00819. The second kappa shape index (κ2) is 16.7. The Balaban J connectivity index is 1.66. The topological polar surface area (TPSA) is 134 Å². The Bertz CT molecular complexity index is 1440. The quantitative estimate of drug-likeness (QED) is 0.399. The molecule has 4 bridgehead atoms. The van der Waals surface area contributed by atoms with Crippen LogP contribution in [-0.2, 0) is 35.1 Å². The molecule has 0 saturated carbocycles. The van der Waals surface area contributed by atoms with E-state index in [-0.39, 0.29) is 36.4 Å². The fourth-order valence-electron chi connectivity index (χ4n) is 6.23. The fraction of sp³-hybridized carbons (Fsp3) is 0.514. The predicted molar refractivity (Wildman–Crippen MR) is 179 cm³/mol. The number of methoxy groups -OCH3 is 1. The van der Waals surface area contributed by atoms with Crippen molar-refractivity contribution >= 4 is 29.6 Å². The lowest BCUT2D eigenvalue weighted by Gasteiger charge is -2.36. The number of allylic oxidation sites excluding steroid dienone is 1. The van der Waals surface area contributed by atoms with E-state index in [1.807, 2.05) is 64.1 Å². The first kappa shape index (κ1) is 35.8. The summed E-state index contributed by atoms with van der Waals surface area (Å²) < 4.78 is 11.6. The maximum absolute atomic E-state index is 14.0. The molecule has 2 heterocycles. The van der Waals surface area contributed by atoms with Crippen LogP contribution in [-0.4, -0.2) is 65.5 Å². The highest BCUT2D eigenvalue weighted by Gasteiger charge is 2.36. The average molecular weight is 648 g/mol. The SMILES string of the molecule is CO[C@@H]1CC/C=C/c2cccc(c2)[C@@H](C)OC(=O)[C@@H]2CCCN(N2)C(=O)[C@H](Cc2cccc(O)c2)NC(=O)[C@H](C(C)C)CC(=O)[C@@H]1C. The summed E-state index contributed by atoms with van der Waals surface area (Å²) in [6.45, 7) is 7.76. The number of hydrogen-bond acceptors (Lipinski definition) is 8. The Morgan fingerprint density at radius 3 is 2.53 bits per heavy atom. The Labute approximate surface area is 277 Å². The number of phenolic OH excluding ortho intramolecular Hbond substituents is 1. The molecular formula is C37H49N3O7. The largest absolute Gasteiger partial charge is 0.508 e. The molecule has 6 atom stereocenters. The van der Waals surface area contributed by atoms with Crippen LogP contribution in [0, 0.1) is 17.8 Å². The maximum Gasteiger partial charge on any atom is 0.325 e. The molecule has 0 aliphatic carbocycles. The van der Waals surface area contributed by atoms with Crippen molar-refractivity contribution in [2.45, 2.75) is 90.5 Å². The normalized spacial score (nSPS) is 27.7. The van der Waals surface area contributed by atoms with Gasteiger partial charge in [-0.05, 0) is 73.4 Å². The van der Waals surface area contributed by atoms with E-state index in [9.17, 15) is 24.3 Å². The number of fused-ring (bicyclic) bond motifs is 4. The first-order chi connectivity index (χ1) is 22.5. The van der Waals surface area contributed by atoms with E-state index in [0.717, 1.165) is 11.1 Å². The van der Waals surface area contributed by atoms with Crippen LogP contribution >= 0.6 is 0 Å². The number of cyclic esters (lactones) is 1. The number of aromatic hydroxyl groups is 1. The number of rotatable bonds is 4. The number of carbonyl (C=O) groups excluding carboxylic acids is 4. The Hall–Kier alpha value is -4.02. The molecule has 0 radical (unpaired) electrons. The zero-order chi connectivity index (χ0) is 34.1. The number of ketones is 1. The van der Waals surface area contributed by atoms with Crippen molar-refractivity contribution in [2.75, 3.05) is 13.7 Å². The number of amides is 2. The third kappa shape index (κ3) is 9.74. The molecule has 1 saturated heterocycles. The summed E-state index contributed by atoms with van der Waals surface area (Å²) in [5.41, 5.74) is 5.50. The number of phenols is 1. The summed E-state index contributed by atoms with van der Waals surface area (Å²) in [5.74, 6) is -2.61. The van der Waals surface area contributed by atoms with Gasteiger partial charge in [-0.2, -0.15) is 0 Å². The van der Waals surface area contributed by atoms with Crippen molar-refractivity contribution in [1.82, 2.24) is 15.8 Å². The molecule has 0 aromatic heterocycles. The Morgan fingerprint density at radius 2 is 1.81 bits per heavy atom. The van der Waals surface area contributed by atoms with Gasteiger partial charge in [0.2, 0.25) is 5.91 Å².